The molecule has 1 saturated heterocycles. The molecule has 1 aliphatic rings. The van der Waals surface area contributed by atoms with Gasteiger partial charge in [-0.15, -0.1) is 0 Å². The number of esters is 1. The molecule has 0 spiro atoms. The standard InChI is InChI=1S/C14H22N4O2/c1-4-17(5-2)11-6-7-18(10-11)13-9-15-8-12(16-13)14(19)20-3/h8-9,11H,4-7,10H2,1-3H3. The van der Waals surface area contributed by atoms with Crippen LogP contribution in [0.1, 0.15) is 30.8 Å². The van der Waals surface area contributed by atoms with Gasteiger partial charge in [0.25, 0.3) is 0 Å². The first-order chi connectivity index (χ1) is 9.69. The Kier molecular flexibility index (Phi) is 4.89. The lowest BCUT2D eigenvalue weighted by atomic mass is 10.2. The molecule has 110 valence electrons. The van der Waals surface area contributed by atoms with Gasteiger partial charge < -0.3 is 9.64 Å². The first-order valence-electron chi connectivity index (χ1n) is 7.08. The quantitative estimate of drug-likeness (QED) is 0.754. The summed E-state index contributed by atoms with van der Waals surface area (Å²) in [5.41, 5.74) is 0.260. The molecular formula is C14H22N4O2. The molecule has 0 N–H and O–H groups in total. The number of carbonyl (C=O) groups is 1. The Morgan fingerprint density at radius 2 is 2.20 bits per heavy atom. The van der Waals surface area contributed by atoms with Crippen molar-refractivity contribution in [3.05, 3.63) is 18.1 Å². The Morgan fingerprint density at radius 1 is 1.45 bits per heavy atom. The van der Waals surface area contributed by atoms with Crippen LogP contribution in [0.15, 0.2) is 12.4 Å². The molecule has 6 heteroatoms. The number of aromatic nitrogens is 2. The first-order valence-corrected chi connectivity index (χ1v) is 7.08. The molecule has 2 rings (SSSR count). The molecule has 1 atom stereocenters. The number of hydrogen-bond donors (Lipinski definition) is 0. The minimum Gasteiger partial charge on any atom is -0.464 e. The highest BCUT2D eigenvalue weighted by atomic mass is 16.5. The van der Waals surface area contributed by atoms with E-state index in [0.717, 1.165) is 38.4 Å². The molecule has 6 nitrogen and oxygen atoms in total. The largest absolute Gasteiger partial charge is 0.464 e. The van der Waals surface area contributed by atoms with Crippen molar-refractivity contribution in [2.24, 2.45) is 0 Å². The van der Waals surface area contributed by atoms with Crippen molar-refractivity contribution < 1.29 is 9.53 Å². The topological polar surface area (TPSA) is 58.6 Å². The van der Waals surface area contributed by atoms with E-state index in [1.165, 1.54) is 13.3 Å². The summed E-state index contributed by atoms with van der Waals surface area (Å²) in [6.45, 7) is 8.36. The number of likely N-dealkylation sites (N-methyl/N-ethyl adjacent to an activating group) is 1. The van der Waals surface area contributed by atoms with Gasteiger partial charge in [0.2, 0.25) is 0 Å². The Bertz CT molecular complexity index is 462. The summed E-state index contributed by atoms with van der Waals surface area (Å²) in [6, 6.07) is 0.550. The Balaban J connectivity index is 2.08. The molecule has 0 aromatic carbocycles. The van der Waals surface area contributed by atoms with Gasteiger partial charge in [-0.1, -0.05) is 13.8 Å². The van der Waals surface area contributed by atoms with Crippen LogP contribution >= 0.6 is 0 Å². The molecule has 2 heterocycles. The average Bonchev–Trinajstić information content (AvgIpc) is 2.97. The van der Waals surface area contributed by atoms with Crippen molar-refractivity contribution in [2.45, 2.75) is 26.3 Å². The fourth-order valence-corrected chi connectivity index (χ4v) is 2.70. The van der Waals surface area contributed by atoms with Crippen LogP contribution in [-0.4, -0.2) is 60.2 Å². The van der Waals surface area contributed by atoms with E-state index in [1.54, 1.807) is 6.20 Å². The maximum atomic E-state index is 11.5. The van der Waals surface area contributed by atoms with Crippen LogP contribution in [0.4, 0.5) is 5.82 Å². The maximum Gasteiger partial charge on any atom is 0.358 e. The number of anilines is 1. The van der Waals surface area contributed by atoms with Gasteiger partial charge in [0.1, 0.15) is 5.82 Å². The third-order valence-corrected chi connectivity index (χ3v) is 3.83. The van der Waals surface area contributed by atoms with E-state index in [9.17, 15) is 4.79 Å². The van der Waals surface area contributed by atoms with Crippen molar-refractivity contribution in [1.82, 2.24) is 14.9 Å². The predicted molar refractivity (Wildman–Crippen MR) is 76.9 cm³/mol. The Morgan fingerprint density at radius 3 is 2.85 bits per heavy atom. The summed E-state index contributed by atoms with van der Waals surface area (Å²) in [7, 11) is 1.35. The monoisotopic (exact) mass is 278 g/mol. The van der Waals surface area contributed by atoms with Crippen LogP contribution in [0, 0.1) is 0 Å². The van der Waals surface area contributed by atoms with Crippen molar-refractivity contribution >= 4 is 11.8 Å². The lowest BCUT2D eigenvalue weighted by Gasteiger charge is -2.26. The van der Waals surface area contributed by atoms with E-state index < -0.39 is 5.97 Å². The van der Waals surface area contributed by atoms with Crippen LogP contribution in [0.5, 0.6) is 0 Å². The van der Waals surface area contributed by atoms with Gasteiger partial charge in [-0.25, -0.2) is 9.78 Å². The first kappa shape index (κ1) is 14.7. The molecule has 0 bridgehead atoms. The summed E-state index contributed by atoms with van der Waals surface area (Å²) in [5.74, 6) is 0.307. The smallest absolute Gasteiger partial charge is 0.358 e. The third-order valence-electron chi connectivity index (χ3n) is 3.83. The Labute approximate surface area is 119 Å². The molecule has 0 radical (unpaired) electrons. The van der Waals surface area contributed by atoms with Crippen molar-refractivity contribution in [2.75, 3.05) is 38.2 Å². The van der Waals surface area contributed by atoms with Gasteiger partial charge in [0.15, 0.2) is 5.69 Å². The second kappa shape index (κ2) is 6.65. The molecule has 0 aliphatic carbocycles. The van der Waals surface area contributed by atoms with Crippen molar-refractivity contribution in [3.63, 3.8) is 0 Å². The summed E-state index contributed by atoms with van der Waals surface area (Å²) in [4.78, 5) is 24.6. The zero-order chi connectivity index (χ0) is 14.5. The van der Waals surface area contributed by atoms with Crippen LogP contribution in [-0.2, 0) is 4.74 Å². The number of methoxy groups -OCH3 is 1. The number of ether oxygens (including phenoxy) is 1. The van der Waals surface area contributed by atoms with E-state index >= 15 is 0 Å². The minimum absolute atomic E-state index is 0.260. The molecule has 1 aromatic heterocycles. The average molecular weight is 278 g/mol. The molecule has 0 amide bonds. The maximum absolute atomic E-state index is 11.5. The molecule has 1 fully saturated rings. The zero-order valence-electron chi connectivity index (χ0n) is 12.4. The predicted octanol–water partition coefficient (Wildman–Crippen LogP) is 1.18. The van der Waals surface area contributed by atoms with Gasteiger partial charge >= 0.3 is 5.97 Å². The van der Waals surface area contributed by atoms with Crippen LogP contribution in [0.3, 0.4) is 0 Å². The molecule has 1 aromatic rings. The third kappa shape index (κ3) is 3.07. The van der Waals surface area contributed by atoms with Crippen LogP contribution in [0.2, 0.25) is 0 Å². The number of carbonyl (C=O) groups excluding carboxylic acids is 1. The van der Waals surface area contributed by atoms with E-state index in [0.29, 0.717) is 6.04 Å². The van der Waals surface area contributed by atoms with Crippen LogP contribution < -0.4 is 4.90 Å². The van der Waals surface area contributed by atoms with Gasteiger partial charge in [-0.05, 0) is 19.5 Å². The molecule has 1 aliphatic heterocycles. The van der Waals surface area contributed by atoms with Gasteiger partial charge in [-0.3, -0.25) is 9.88 Å². The van der Waals surface area contributed by atoms with E-state index in [2.05, 4.69) is 38.4 Å². The summed E-state index contributed by atoms with van der Waals surface area (Å²) in [6.07, 6.45) is 4.26. The summed E-state index contributed by atoms with van der Waals surface area (Å²) >= 11 is 0. The number of hydrogen-bond acceptors (Lipinski definition) is 6. The summed E-state index contributed by atoms with van der Waals surface area (Å²) < 4.78 is 4.68. The molecule has 1 unspecified atom stereocenters. The molecule has 20 heavy (non-hydrogen) atoms. The highest BCUT2D eigenvalue weighted by molar-refractivity contribution is 5.87. The summed E-state index contributed by atoms with van der Waals surface area (Å²) in [5, 5.41) is 0. The lowest BCUT2D eigenvalue weighted by molar-refractivity contribution is 0.0593. The fourth-order valence-electron chi connectivity index (χ4n) is 2.70. The second-order valence-electron chi connectivity index (χ2n) is 4.86. The highest BCUT2D eigenvalue weighted by Crippen LogP contribution is 2.21. The fraction of sp³-hybridized carbons (Fsp3) is 0.643. The molecular weight excluding hydrogens is 256 g/mol. The van der Waals surface area contributed by atoms with Gasteiger partial charge in [-0.2, -0.15) is 0 Å². The normalized spacial score (nSPS) is 18.6. The zero-order valence-corrected chi connectivity index (χ0v) is 12.4. The Hall–Kier alpha value is -1.69. The van der Waals surface area contributed by atoms with E-state index in [-0.39, 0.29) is 5.69 Å². The lowest BCUT2D eigenvalue weighted by Crippen LogP contribution is -2.37. The van der Waals surface area contributed by atoms with Gasteiger partial charge in [0, 0.05) is 19.1 Å². The van der Waals surface area contributed by atoms with Gasteiger partial charge in [0.05, 0.1) is 19.5 Å². The minimum atomic E-state index is -0.446. The van der Waals surface area contributed by atoms with Crippen molar-refractivity contribution in [1.29, 1.82) is 0 Å². The van der Waals surface area contributed by atoms with E-state index in [4.69, 9.17) is 0 Å². The van der Waals surface area contributed by atoms with E-state index in [1.807, 2.05) is 0 Å². The number of nitrogens with zero attached hydrogens (tertiary/aromatic N) is 4. The van der Waals surface area contributed by atoms with Crippen LogP contribution in [0.25, 0.3) is 0 Å². The highest BCUT2D eigenvalue weighted by Gasteiger charge is 2.27. The molecule has 0 saturated carbocycles. The number of rotatable bonds is 5. The SMILES string of the molecule is CCN(CC)C1CCN(c2cncc(C(=O)OC)n2)C1. The second-order valence-corrected chi connectivity index (χ2v) is 4.86. The van der Waals surface area contributed by atoms with Crippen molar-refractivity contribution in [3.8, 4) is 0 Å².